The van der Waals surface area contributed by atoms with Crippen LogP contribution in [0.5, 0.6) is 5.88 Å². The van der Waals surface area contributed by atoms with Crippen LogP contribution in [-0.4, -0.2) is 17.3 Å². The Morgan fingerprint density at radius 2 is 2.09 bits per heavy atom. The van der Waals surface area contributed by atoms with Crippen LogP contribution < -0.4 is 10.3 Å². The van der Waals surface area contributed by atoms with Gasteiger partial charge in [0.2, 0.25) is 0 Å². The van der Waals surface area contributed by atoms with Crippen molar-refractivity contribution in [2.24, 2.45) is 0 Å². The number of nitrogens with one attached hydrogen (secondary N) is 1. The van der Waals surface area contributed by atoms with E-state index in [4.69, 9.17) is 23.2 Å². The van der Waals surface area contributed by atoms with Gasteiger partial charge in [0, 0.05) is 0 Å². The molecule has 1 rings (SSSR count). The summed E-state index contributed by atoms with van der Waals surface area (Å²) in [6, 6.07) is 0. The zero-order chi connectivity index (χ0) is 8.43. The molecule has 4 nitrogen and oxygen atoms in total. The first kappa shape index (κ1) is 8.36. The lowest BCUT2D eigenvalue weighted by atomic mass is 10.5. The Kier molecular flexibility index (Phi) is 2.36. The predicted octanol–water partition coefficient (Wildman–Crippen LogP) is 1.09. The first-order valence-electron chi connectivity index (χ1n) is 2.64. The smallest absolute Gasteiger partial charge is 0.284 e. The van der Waals surface area contributed by atoms with Crippen molar-refractivity contribution < 1.29 is 4.74 Å². The highest BCUT2D eigenvalue weighted by Crippen LogP contribution is 2.24. The fraction of sp³-hybridized carbons (Fsp3) is 0.200. The number of hydrogen-bond donors (Lipinski definition) is 1. The summed E-state index contributed by atoms with van der Waals surface area (Å²) in [4.78, 5) is 10.7. The highest BCUT2D eigenvalue weighted by molar-refractivity contribution is 6.42. The number of hydrogen-bond acceptors (Lipinski definition) is 3. The minimum Gasteiger partial charge on any atom is -0.479 e. The second-order valence-electron chi connectivity index (χ2n) is 1.69. The molecule has 1 aromatic heterocycles. The largest absolute Gasteiger partial charge is 0.479 e. The van der Waals surface area contributed by atoms with E-state index >= 15 is 0 Å². The number of methoxy groups -OCH3 is 1. The maximum absolute atomic E-state index is 10.7. The highest BCUT2D eigenvalue weighted by Gasteiger charge is 2.09. The number of ether oxygens (including phenoxy) is 1. The van der Waals surface area contributed by atoms with E-state index in [9.17, 15) is 4.79 Å². The Bertz CT molecular complexity index is 323. The molecular weight excluding hydrogens is 191 g/mol. The third-order valence-electron chi connectivity index (χ3n) is 1.03. The number of H-pyrrole nitrogens is 1. The fourth-order valence-electron chi connectivity index (χ4n) is 0.529. The molecule has 1 N–H and O–H groups in total. The number of aromatic nitrogens is 2. The van der Waals surface area contributed by atoms with Crippen molar-refractivity contribution in [3.8, 4) is 5.88 Å². The highest BCUT2D eigenvalue weighted by atomic mass is 35.5. The molecule has 0 saturated carbocycles. The first-order valence-corrected chi connectivity index (χ1v) is 3.40. The number of halogens is 2. The van der Waals surface area contributed by atoms with E-state index in [0.717, 1.165) is 0 Å². The van der Waals surface area contributed by atoms with E-state index in [2.05, 4.69) is 14.9 Å². The lowest BCUT2D eigenvalue weighted by Crippen LogP contribution is -2.09. The van der Waals surface area contributed by atoms with Crippen molar-refractivity contribution in [2.45, 2.75) is 0 Å². The average Bonchev–Trinajstić information content (AvgIpc) is 2.01. The van der Waals surface area contributed by atoms with Gasteiger partial charge in [0.05, 0.1) is 7.11 Å². The molecule has 0 aliphatic rings. The monoisotopic (exact) mass is 194 g/mol. The minimum atomic E-state index is -0.530. The molecule has 0 aliphatic heterocycles. The van der Waals surface area contributed by atoms with Gasteiger partial charge in [-0.2, -0.15) is 0 Å². The van der Waals surface area contributed by atoms with Crippen molar-refractivity contribution >= 4 is 23.2 Å². The summed E-state index contributed by atoms with van der Waals surface area (Å²) in [6.45, 7) is 0. The fourth-order valence-corrected chi connectivity index (χ4v) is 0.857. The second kappa shape index (κ2) is 3.11. The Morgan fingerprint density at radius 1 is 1.45 bits per heavy atom. The van der Waals surface area contributed by atoms with Crippen molar-refractivity contribution in [2.75, 3.05) is 7.11 Å². The molecule has 0 aliphatic carbocycles. The van der Waals surface area contributed by atoms with Gasteiger partial charge >= 0.3 is 0 Å². The van der Waals surface area contributed by atoms with E-state index in [-0.39, 0.29) is 15.9 Å². The molecule has 0 spiro atoms. The van der Waals surface area contributed by atoms with Gasteiger partial charge in [-0.15, -0.1) is 5.10 Å². The Morgan fingerprint density at radius 3 is 2.64 bits per heavy atom. The summed E-state index contributed by atoms with van der Waals surface area (Å²) in [5, 5.41) is 5.51. The lowest BCUT2D eigenvalue weighted by Gasteiger charge is -1.99. The van der Waals surface area contributed by atoms with Crippen molar-refractivity contribution in [1.29, 1.82) is 0 Å². The third-order valence-corrected chi connectivity index (χ3v) is 1.84. The molecule has 60 valence electrons. The topological polar surface area (TPSA) is 55.0 Å². The molecule has 0 radical (unpaired) electrons. The summed E-state index contributed by atoms with van der Waals surface area (Å²) in [6.07, 6.45) is 0. The number of rotatable bonds is 1. The minimum absolute atomic E-state index is 0.0258. The van der Waals surface area contributed by atoms with Gasteiger partial charge in [-0.05, 0) is 0 Å². The van der Waals surface area contributed by atoms with Gasteiger partial charge in [-0.1, -0.05) is 23.2 Å². The summed E-state index contributed by atoms with van der Waals surface area (Å²) < 4.78 is 4.68. The summed E-state index contributed by atoms with van der Waals surface area (Å²) in [5.74, 6) is 0.108. The number of aromatic amines is 1. The molecule has 0 atom stereocenters. The standard InChI is InChI=1S/C5H4Cl2N2O2/c1-11-5-3(7)2(6)4(10)8-9-5/h1H3,(H,8,10). The normalized spacial score (nSPS) is 9.73. The van der Waals surface area contributed by atoms with Crippen LogP contribution in [-0.2, 0) is 0 Å². The van der Waals surface area contributed by atoms with Gasteiger partial charge in [0.15, 0.2) is 0 Å². The van der Waals surface area contributed by atoms with E-state index in [1.165, 1.54) is 7.11 Å². The predicted molar refractivity (Wildman–Crippen MR) is 41.4 cm³/mol. The molecule has 0 unspecified atom stereocenters. The van der Waals surface area contributed by atoms with E-state index < -0.39 is 5.56 Å². The van der Waals surface area contributed by atoms with E-state index in [1.54, 1.807) is 0 Å². The summed E-state index contributed by atoms with van der Waals surface area (Å²) >= 11 is 11.0. The van der Waals surface area contributed by atoms with Crippen LogP contribution in [0.4, 0.5) is 0 Å². The second-order valence-corrected chi connectivity index (χ2v) is 2.45. The molecule has 0 amide bonds. The molecule has 0 saturated heterocycles. The molecule has 0 fully saturated rings. The van der Waals surface area contributed by atoms with Crippen molar-refractivity contribution in [3.05, 3.63) is 20.4 Å². The maximum atomic E-state index is 10.7. The van der Waals surface area contributed by atoms with Crippen molar-refractivity contribution in [1.82, 2.24) is 10.2 Å². The molecule has 1 heterocycles. The first-order chi connectivity index (χ1) is 5.16. The van der Waals surface area contributed by atoms with Crippen molar-refractivity contribution in [3.63, 3.8) is 0 Å². The summed E-state index contributed by atoms with van der Waals surface area (Å²) in [7, 11) is 1.38. The molecular formula is C5H4Cl2N2O2. The zero-order valence-electron chi connectivity index (χ0n) is 5.52. The average molecular weight is 195 g/mol. The van der Waals surface area contributed by atoms with Crippen LogP contribution in [0, 0.1) is 0 Å². The lowest BCUT2D eigenvalue weighted by molar-refractivity contribution is 0.391. The van der Waals surface area contributed by atoms with Gasteiger partial charge in [-0.3, -0.25) is 4.79 Å². The van der Waals surface area contributed by atoms with E-state index in [0.29, 0.717) is 0 Å². The van der Waals surface area contributed by atoms with Crippen LogP contribution >= 0.6 is 23.2 Å². The SMILES string of the molecule is COc1n[nH]c(=O)c(Cl)c1Cl. The van der Waals surface area contributed by atoms with Gasteiger partial charge in [-0.25, -0.2) is 5.10 Å². The van der Waals surface area contributed by atoms with Crippen LogP contribution in [0.15, 0.2) is 4.79 Å². The molecule has 0 bridgehead atoms. The maximum Gasteiger partial charge on any atom is 0.284 e. The molecule has 0 aromatic carbocycles. The van der Waals surface area contributed by atoms with Gasteiger partial charge in [0.1, 0.15) is 10.0 Å². The van der Waals surface area contributed by atoms with Gasteiger partial charge in [0.25, 0.3) is 11.4 Å². The Balaban J connectivity index is 3.37. The van der Waals surface area contributed by atoms with E-state index in [1.807, 2.05) is 0 Å². The van der Waals surface area contributed by atoms with Crippen LogP contribution in [0.1, 0.15) is 0 Å². The summed E-state index contributed by atoms with van der Waals surface area (Å²) in [5.41, 5.74) is -0.530. The Labute approximate surface area is 72.1 Å². The quantitative estimate of drug-likeness (QED) is 0.729. The van der Waals surface area contributed by atoms with Crippen LogP contribution in [0.2, 0.25) is 10.0 Å². The Hall–Kier alpha value is -0.740. The van der Waals surface area contributed by atoms with Crippen LogP contribution in [0.25, 0.3) is 0 Å². The molecule has 11 heavy (non-hydrogen) atoms. The molecule has 6 heteroatoms. The van der Waals surface area contributed by atoms with Crippen LogP contribution in [0.3, 0.4) is 0 Å². The molecule has 1 aromatic rings. The number of nitrogens with zero attached hydrogens (tertiary/aromatic N) is 1. The van der Waals surface area contributed by atoms with Gasteiger partial charge < -0.3 is 4.74 Å². The third kappa shape index (κ3) is 1.46. The zero-order valence-corrected chi connectivity index (χ0v) is 7.03.